The van der Waals surface area contributed by atoms with Gasteiger partial charge >= 0.3 is 0 Å². The molecule has 0 aliphatic heterocycles. The molecule has 2 aliphatic carbocycles. The van der Waals surface area contributed by atoms with E-state index in [1.807, 2.05) is 0 Å². The summed E-state index contributed by atoms with van der Waals surface area (Å²) in [5.41, 5.74) is 28.9. The molecule has 0 saturated heterocycles. The summed E-state index contributed by atoms with van der Waals surface area (Å²) in [5.74, 6) is 0. The van der Waals surface area contributed by atoms with Crippen LogP contribution in [-0.4, -0.2) is 0 Å². The van der Waals surface area contributed by atoms with E-state index in [1.54, 1.807) is 0 Å². The number of rotatable bonds is 11. The van der Waals surface area contributed by atoms with Crippen LogP contribution in [0.5, 0.6) is 0 Å². The maximum Gasteiger partial charge on any atom is 0.0467 e. The number of fused-ring (bicyclic) bond motifs is 6. The predicted molar refractivity (Wildman–Crippen MR) is 338 cm³/mol. The van der Waals surface area contributed by atoms with E-state index in [1.165, 1.54) is 77.9 Å². The SMILES string of the molecule is CC1(C)c2ccccc2-c2ccc(N(c3ccccc3)c3cccc(-c4ccc(-c5ccc(-c6cccc(N(c7ccccc7)c7ccc8c(c7)C(C)(C)c7ccccc7-8)c6)cc5-c5ccccc5)c(-c5ccccc5)c4)c3)cc21. The molecule has 0 amide bonds. The minimum absolute atomic E-state index is 0.117. The molecular weight excluding hydrogens is 965 g/mol. The topological polar surface area (TPSA) is 6.48 Å². The van der Waals surface area contributed by atoms with Gasteiger partial charge in [-0.1, -0.05) is 234 Å². The van der Waals surface area contributed by atoms with Crippen LogP contribution in [0, 0.1) is 0 Å². The molecule has 0 bridgehead atoms. The smallest absolute Gasteiger partial charge is 0.0467 e. The van der Waals surface area contributed by atoms with E-state index in [2.05, 4.69) is 329 Å². The monoisotopic (exact) mass is 1020 g/mol. The van der Waals surface area contributed by atoms with Crippen molar-refractivity contribution in [2.24, 2.45) is 0 Å². The predicted octanol–water partition coefficient (Wildman–Crippen LogP) is 21.6. The second kappa shape index (κ2) is 19.6. The third-order valence-electron chi connectivity index (χ3n) is 17.1. The zero-order chi connectivity index (χ0) is 54.0. The quantitative estimate of drug-likeness (QED) is 0.127. The molecule has 0 atom stereocenters. The standard InChI is InChI=1S/C78H60N2/c1-77(2)73-37-19-17-35-67(73)69-45-41-63(51-75(69)77)79(59-29-13-7-14-30-59)61-33-21-27-55(47-61)57-39-43-65(71(49-57)53-23-9-5-10-24-53)66-44-40-58(50-72(66)54-25-11-6-12-26-54)56-28-22-34-62(48-56)80(60-31-15-8-16-32-60)64-42-46-70-68-36-18-20-38-74(68)78(3,4)76(70)52-64/h5-52H,1-4H3. The first kappa shape index (κ1) is 48.6. The molecule has 80 heavy (non-hydrogen) atoms. The maximum absolute atomic E-state index is 2.41. The van der Waals surface area contributed by atoms with E-state index in [-0.39, 0.29) is 10.8 Å². The van der Waals surface area contributed by atoms with Crippen LogP contribution in [0.4, 0.5) is 34.1 Å². The first-order valence-corrected chi connectivity index (χ1v) is 28.0. The van der Waals surface area contributed by atoms with Crippen molar-refractivity contribution >= 4 is 34.1 Å². The van der Waals surface area contributed by atoms with Crippen molar-refractivity contribution < 1.29 is 0 Å². The van der Waals surface area contributed by atoms with Gasteiger partial charge < -0.3 is 9.80 Å². The highest BCUT2D eigenvalue weighted by molar-refractivity contribution is 5.96. The van der Waals surface area contributed by atoms with E-state index in [0.29, 0.717) is 0 Å². The van der Waals surface area contributed by atoms with Gasteiger partial charge in [-0.15, -0.1) is 0 Å². The summed E-state index contributed by atoms with van der Waals surface area (Å²) in [6, 6.07) is 107. The normalized spacial score (nSPS) is 13.2. The zero-order valence-electron chi connectivity index (χ0n) is 45.6. The lowest BCUT2D eigenvalue weighted by molar-refractivity contribution is 0.660. The van der Waals surface area contributed by atoms with Crippen molar-refractivity contribution in [3.8, 4) is 77.9 Å². The number of hydrogen-bond acceptors (Lipinski definition) is 2. The molecule has 2 aliphatic rings. The van der Waals surface area contributed by atoms with Gasteiger partial charge in [0.05, 0.1) is 0 Å². The molecule has 0 spiro atoms. The Balaban J connectivity index is 0.860. The Labute approximate surface area is 471 Å². The first-order valence-electron chi connectivity index (χ1n) is 28.0. The Morgan fingerprint density at radius 2 is 0.487 bits per heavy atom. The summed E-state index contributed by atoms with van der Waals surface area (Å²) in [4.78, 5) is 4.81. The number of hydrogen-bond donors (Lipinski definition) is 0. The van der Waals surface area contributed by atoms with Gasteiger partial charge in [-0.25, -0.2) is 0 Å². The number of anilines is 6. The van der Waals surface area contributed by atoms with Crippen LogP contribution in [0.1, 0.15) is 49.9 Å². The van der Waals surface area contributed by atoms with Crippen LogP contribution in [0.2, 0.25) is 0 Å². The molecule has 12 aromatic carbocycles. The number of benzene rings is 12. The van der Waals surface area contributed by atoms with E-state index in [9.17, 15) is 0 Å². The Kier molecular flexibility index (Phi) is 11.9. The zero-order valence-corrected chi connectivity index (χ0v) is 45.6. The fourth-order valence-corrected chi connectivity index (χ4v) is 13.0. The average Bonchev–Trinajstić information content (AvgIpc) is 4.08. The van der Waals surface area contributed by atoms with Crippen LogP contribution in [0.15, 0.2) is 291 Å². The van der Waals surface area contributed by atoms with Crippen molar-refractivity contribution in [3.63, 3.8) is 0 Å². The van der Waals surface area contributed by atoms with Crippen LogP contribution in [0.3, 0.4) is 0 Å². The summed E-state index contributed by atoms with van der Waals surface area (Å²) in [7, 11) is 0. The van der Waals surface area contributed by atoms with Crippen LogP contribution in [0.25, 0.3) is 77.9 Å². The van der Waals surface area contributed by atoms with E-state index in [0.717, 1.165) is 56.4 Å². The van der Waals surface area contributed by atoms with Crippen molar-refractivity contribution in [1.82, 2.24) is 0 Å². The molecule has 2 nitrogen and oxygen atoms in total. The Morgan fingerprint density at radius 1 is 0.188 bits per heavy atom. The van der Waals surface area contributed by atoms with Crippen LogP contribution < -0.4 is 9.80 Å². The highest BCUT2D eigenvalue weighted by atomic mass is 15.1. The van der Waals surface area contributed by atoms with Crippen LogP contribution in [-0.2, 0) is 10.8 Å². The Bertz CT molecular complexity index is 4010. The van der Waals surface area contributed by atoms with Gasteiger partial charge in [0.1, 0.15) is 0 Å². The summed E-state index contributed by atoms with van der Waals surface area (Å²) in [5, 5.41) is 0. The highest BCUT2D eigenvalue weighted by Crippen LogP contribution is 2.53. The van der Waals surface area contributed by atoms with Crippen molar-refractivity contribution in [2.75, 3.05) is 9.80 Å². The second-order valence-corrected chi connectivity index (χ2v) is 22.5. The van der Waals surface area contributed by atoms with Gasteiger partial charge in [0.2, 0.25) is 0 Å². The van der Waals surface area contributed by atoms with E-state index in [4.69, 9.17) is 0 Å². The molecule has 14 rings (SSSR count). The van der Waals surface area contributed by atoms with E-state index >= 15 is 0 Å². The molecule has 12 aromatic rings. The van der Waals surface area contributed by atoms with Gasteiger partial charge in [0, 0.05) is 45.0 Å². The molecule has 0 aromatic heterocycles. The largest absolute Gasteiger partial charge is 0.310 e. The average molecular weight is 1030 g/mol. The van der Waals surface area contributed by atoms with Gasteiger partial charge in [-0.2, -0.15) is 0 Å². The van der Waals surface area contributed by atoms with E-state index < -0.39 is 0 Å². The minimum Gasteiger partial charge on any atom is -0.310 e. The van der Waals surface area contributed by atoms with Gasteiger partial charge in [-0.05, 0) is 185 Å². The van der Waals surface area contributed by atoms with Crippen LogP contribution >= 0.6 is 0 Å². The first-order chi connectivity index (χ1) is 39.2. The summed E-state index contributed by atoms with van der Waals surface area (Å²) in [6.45, 7) is 9.42. The molecule has 0 saturated carbocycles. The third-order valence-corrected chi connectivity index (χ3v) is 17.1. The fourth-order valence-electron chi connectivity index (χ4n) is 13.0. The molecule has 0 heterocycles. The lowest BCUT2D eigenvalue weighted by Crippen LogP contribution is -2.16. The molecule has 2 heteroatoms. The number of nitrogens with zero attached hydrogens (tertiary/aromatic N) is 2. The van der Waals surface area contributed by atoms with Crippen molar-refractivity contribution in [2.45, 2.75) is 38.5 Å². The second-order valence-electron chi connectivity index (χ2n) is 22.5. The fraction of sp³-hybridized carbons (Fsp3) is 0.0769. The van der Waals surface area contributed by atoms with Gasteiger partial charge in [0.15, 0.2) is 0 Å². The summed E-state index contributed by atoms with van der Waals surface area (Å²) in [6.07, 6.45) is 0. The molecule has 382 valence electrons. The highest BCUT2D eigenvalue weighted by Gasteiger charge is 2.37. The lowest BCUT2D eigenvalue weighted by Gasteiger charge is -2.28. The molecule has 0 radical (unpaired) electrons. The summed E-state index contributed by atoms with van der Waals surface area (Å²) < 4.78 is 0. The molecule has 0 N–H and O–H groups in total. The molecular formula is C78H60N2. The van der Waals surface area contributed by atoms with Crippen molar-refractivity contribution in [3.05, 3.63) is 313 Å². The molecule has 0 fully saturated rings. The third kappa shape index (κ3) is 8.35. The van der Waals surface area contributed by atoms with Gasteiger partial charge in [0.25, 0.3) is 0 Å². The maximum atomic E-state index is 2.41. The molecule has 0 unspecified atom stereocenters. The lowest BCUT2D eigenvalue weighted by atomic mass is 9.82. The Hall–Kier alpha value is -9.76. The van der Waals surface area contributed by atoms with Crippen molar-refractivity contribution in [1.29, 1.82) is 0 Å². The number of para-hydroxylation sites is 2. The minimum atomic E-state index is -0.117. The summed E-state index contributed by atoms with van der Waals surface area (Å²) >= 11 is 0. The van der Waals surface area contributed by atoms with Gasteiger partial charge in [-0.3, -0.25) is 0 Å². The Morgan fingerprint density at radius 3 is 0.900 bits per heavy atom.